The zero-order chi connectivity index (χ0) is 44.1. The molecule has 0 aliphatic heterocycles. The lowest BCUT2D eigenvalue weighted by Crippen LogP contribution is -2.27. The van der Waals surface area contributed by atoms with E-state index in [2.05, 4.69) is 259 Å². The molecule has 2 heteroatoms. The lowest BCUT2D eigenvalue weighted by Gasteiger charge is -2.33. The Morgan fingerprint density at radius 3 is 1.60 bits per heavy atom. The Morgan fingerprint density at radius 1 is 0.328 bits per heavy atom. The molecule has 1 heterocycles. The molecule has 0 bridgehead atoms. The van der Waals surface area contributed by atoms with Gasteiger partial charge in [0, 0.05) is 33.4 Å². The molecule has 312 valence electrons. The molecule has 2 nitrogen and oxygen atoms in total. The maximum absolute atomic E-state index is 3.99. The number of para-hydroxylation sites is 2. The van der Waals surface area contributed by atoms with Crippen LogP contribution in [0.2, 0.25) is 0 Å². The van der Waals surface area contributed by atoms with Gasteiger partial charge < -0.3 is 9.88 Å². The van der Waals surface area contributed by atoms with Crippen LogP contribution in [0.1, 0.15) is 22.3 Å². The third-order valence-electron chi connectivity index (χ3n) is 14.6. The predicted molar refractivity (Wildman–Crippen MR) is 281 cm³/mol. The summed E-state index contributed by atoms with van der Waals surface area (Å²) in [6.07, 6.45) is 0. The van der Waals surface area contributed by atoms with Gasteiger partial charge in [0.05, 0.1) is 16.4 Å². The standard InChI is InChI=1S/C65H42N2/c1-2-17-48(18-3-1)67-61-28-13-9-23-54(61)56-41-46(35-40-62(56)67)42-29-31-45(32-30-42)63-60(66-47-36-33-44(34-37-47)50-24-14-16-43-15-4-5-19-49(43)50)39-38-55-53-22-8-12-27-59(53)65(64(55)63)57-25-10-6-20-51(57)52-21-7-11-26-58(52)65/h1-41,66H. The predicted octanol–water partition coefficient (Wildman–Crippen LogP) is 17.0. The number of benzene rings is 11. The molecule has 67 heavy (non-hydrogen) atoms. The number of nitrogens with one attached hydrogen (secondary N) is 1. The highest BCUT2D eigenvalue weighted by Gasteiger charge is 2.53. The molecule has 14 rings (SSSR count). The van der Waals surface area contributed by atoms with E-state index < -0.39 is 5.41 Å². The lowest BCUT2D eigenvalue weighted by molar-refractivity contribution is 0.796. The molecule has 1 N–H and O–H groups in total. The van der Waals surface area contributed by atoms with E-state index in [4.69, 9.17) is 0 Å². The SMILES string of the molecule is c1ccc(-n2c3ccccc3c3cc(-c4ccc(-c5c(Nc6ccc(-c7cccc8ccccc78)cc6)ccc6c5C5(c7ccccc7-c7ccccc75)c5ccccc5-6)cc4)ccc32)cc1. The largest absolute Gasteiger partial charge is 0.355 e. The first-order valence-electron chi connectivity index (χ1n) is 23.3. The summed E-state index contributed by atoms with van der Waals surface area (Å²) < 4.78 is 2.38. The van der Waals surface area contributed by atoms with E-state index in [0.717, 1.165) is 11.4 Å². The summed E-state index contributed by atoms with van der Waals surface area (Å²) in [5, 5.41) is 9.00. The van der Waals surface area contributed by atoms with Crippen molar-refractivity contribution in [1.29, 1.82) is 0 Å². The fraction of sp³-hybridized carbons (Fsp3) is 0.0154. The Balaban J connectivity index is 0.953. The first-order valence-corrected chi connectivity index (χ1v) is 23.3. The highest BCUT2D eigenvalue weighted by atomic mass is 15.0. The Kier molecular flexibility index (Phi) is 8.23. The van der Waals surface area contributed by atoms with Crippen molar-refractivity contribution in [2.45, 2.75) is 5.41 Å². The minimum atomic E-state index is -0.513. The quantitative estimate of drug-likeness (QED) is 0.176. The number of nitrogens with zero attached hydrogens (tertiary/aromatic N) is 1. The zero-order valence-electron chi connectivity index (χ0n) is 36.6. The van der Waals surface area contributed by atoms with Gasteiger partial charge in [0.25, 0.3) is 0 Å². The summed E-state index contributed by atoms with van der Waals surface area (Å²) in [6.45, 7) is 0. The van der Waals surface area contributed by atoms with Crippen LogP contribution in [0.5, 0.6) is 0 Å². The maximum atomic E-state index is 3.99. The number of aromatic nitrogens is 1. The molecule has 0 atom stereocenters. The summed E-state index contributed by atoms with van der Waals surface area (Å²) in [5.74, 6) is 0. The number of anilines is 2. The third kappa shape index (κ3) is 5.51. The Hall–Kier alpha value is -8.72. The van der Waals surface area contributed by atoms with Crippen molar-refractivity contribution in [2.24, 2.45) is 0 Å². The molecule has 12 aromatic rings. The van der Waals surface area contributed by atoms with E-state index in [-0.39, 0.29) is 0 Å². The minimum Gasteiger partial charge on any atom is -0.355 e. The first-order chi connectivity index (χ1) is 33.2. The molecular weight excluding hydrogens is 809 g/mol. The molecule has 1 spiro atoms. The number of rotatable bonds is 6. The molecule has 0 saturated carbocycles. The lowest BCUT2D eigenvalue weighted by atomic mass is 9.68. The maximum Gasteiger partial charge on any atom is 0.0732 e. The zero-order valence-corrected chi connectivity index (χ0v) is 36.6. The van der Waals surface area contributed by atoms with Crippen molar-refractivity contribution < 1.29 is 0 Å². The van der Waals surface area contributed by atoms with Crippen molar-refractivity contribution in [3.05, 3.63) is 271 Å². The van der Waals surface area contributed by atoms with Crippen molar-refractivity contribution >= 4 is 44.0 Å². The first kappa shape index (κ1) is 37.6. The van der Waals surface area contributed by atoms with E-state index in [9.17, 15) is 0 Å². The number of fused-ring (bicyclic) bond motifs is 14. The van der Waals surface area contributed by atoms with Crippen molar-refractivity contribution in [3.8, 4) is 61.3 Å². The van der Waals surface area contributed by atoms with Crippen LogP contribution in [0.4, 0.5) is 11.4 Å². The number of hydrogen-bond donors (Lipinski definition) is 1. The molecule has 11 aromatic carbocycles. The van der Waals surface area contributed by atoms with Gasteiger partial charge in [-0.25, -0.2) is 0 Å². The van der Waals surface area contributed by atoms with Gasteiger partial charge in [-0.15, -0.1) is 0 Å². The van der Waals surface area contributed by atoms with Crippen molar-refractivity contribution in [1.82, 2.24) is 4.57 Å². The fourth-order valence-corrected chi connectivity index (χ4v) is 11.8. The van der Waals surface area contributed by atoms with E-state index in [0.29, 0.717) is 0 Å². The van der Waals surface area contributed by atoms with E-state index in [1.165, 1.54) is 116 Å². The van der Waals surface area contributed by atoms with Gasteiger partial charge >= 0.3 is 0 Å². The summed E-state index contributed by atoms with van der Waals surface area (Å²) in [4.78, 5) is 0. The van der Waals surface area contributed by atoms with Crippen molar-refractivity contribution in [2.75, 3.05) is 5.32 Å². The smallest absolute Gasteiger partial charge is 0.0732 e. The van der Waals surface area contributed by atoms with Crippen LogP contribution in [0.15, 0.2) is 249 Å². The Labute approximate surface area is 389 Å². The van der Waals surface area contributed by atoms with Gasteiger partial charge in [-0.2, -0.15) is 0 Å². The van der Waals surface area contributed by atoms with Gasteiger partial charge in [0.1, 0.15) is 0 Å². The normalized spacial score (nSPS) is 12.9. The van der Waals surface area contributed by atoms with Crippen molar-refractivity contribution in [3.63, 3.8) is 0 Å². The topological polar surface area (TPSA) is 17.0 Å². The van der Waals surface area contributed by atoms with Crippen LogP contribution in [0.3, 0.4) is 0 Å². The third-order valence-corrected chi connectivity index (χ3v) is 14.6. The van der Waals surface area contributed by atoms with Crippen LogP contribution >= 0.6 is 0 Å². The molecule has 2 aliphatic carbocycles. The monoisotopic (exact) mass is 850 g/mol. The average molecular weight is 851 g/mol. The molecule has 1 aromatic heterocycles. The van der Waals surface area contributed by atoms with Crippen LogP contribution in [-0.4, -0.2) is 4.57 Å². The summed E-state index contributed by atoms with van der Waals surface area (Å²) in [7, 11) is 0. The van der Waals surface area contributed by atoms with Crippen LogP contribution in [0.25, 0.3) is 93.9 Å². The second-order valence-electron chi connectivity index (χ2n) is 18.0. The minimum absolute atomic E-state index is 0.513. The molecule has 0 saturated heterocycles. The van der Waals surface area contributed by atoms with E-state index >= 15 is 0 Å². The fourth-order valence-electron chi connectivity index (χ4n) is 11.8. The van der Waals surface area contributed by atoms with Crippen LogP contribution in [-0.2, 0) is 5.41 Å². The van der Waals surface area contributed by atoms with E-state index in [1.807, 2.05) is 0 Å². The second-order valence-corrected chi connectivity index (χ2v) is 18.0. The van der Waals surface area contributed by atoms with E-state index in [1.54, 1.807) is 0 Å². The Bertz CT molecular complexity index is 3860. The highest BCUT2D eigenvalue weighted by Crippen LogP contribution is 2.65. The molecule has 0 unspecified atom stereocenters. The van der Waals surface area contributed by atoms with Gasteiger partial charge in [-0.05, 0) is 132 Å². The number of hydrogen-bond acceptors (Lipinski definition) is 1. The van der Waals surface area contributed by atoms with Gasteiger partial charge in [0.2, 0.25) is 0 Å². The van der Waals surface area contributed by atoms with Gasteiger partial charge in [-0.3, -0.25) is 0 Å². The molecular formula is C65H42N2. The van der Waals surface area contributed by atoms with Gasteiger partial charge in [-0.1, -0.05) is 200 Å². The summed E-state index contributed by atoms with van der Waals surface area (Å²) in [5.41, 5.74) is 22.9. The average Bonchev–Trinajstić information content (AvgIpc) is 4.01. The Morgan fingerprint density at radius 2 is 0.866 bits per heavy atom. The highest BCUT2D eigenvalue weighted by molar-refractivity contribution is 6.11. The van der Waals surface area contributed by atoms with Gasteiger partial charge in [0.15, 0.2) is 0 Å². The van der Waals surface area contributed by atoms with Crippen LogP contribution in [0, 0.1) is 0 Å². The molecule has 0 amide bonds. The molecule has 0 radical (unpaired) electrons. The molecule has 2 aliphatic rings. The molecule has 0 fully saturated rings. The summed E-state index contributed by atoms with van der Waals surface area (Å²) in [6, 6.07) is 91.8. The summed E-state index contributed by atoms with van der Waals surface area (Å²) >= 11 is 0. The van der Waals surface area contributed by atoms with Crippen LogP contribution < -0.4 is 5.32 Å². The second kappa shape index (κ2) is 14.7.